The molecule has 0 spiro atoms. The molecule has 0 bridgehead atoms. The summed E-state index contributed by atoms with van der Waals surface area (Å²) in [6.07, 6.45) is 2.58. The summed E-state index contributed by atoms with van der Waals surface area (Å²) >= 11 is 0. The predicted molar refractivity (Wildman–Crippen MR) is 117 cm³/mol. The lowest BCUT2D eigenvalue weighted by atomic mass is 9.93. The number of benzene rings is 2. The summed E-state index contributed by atoms with van der Waals surface area (Å²) in [5.74, 6) is -0.965. The van der Waals surface area contributed by atoms with Gasteiger partial charge in [-0.05, 0) is 43.0 Å². The number of likely N-dealkylation sites (tertiary alicyclic amines) is 1. The second-order valence-electron chi connectivity index (χ2n) is 7.64. The molecule has 1 aliphatic heterocycles. The Morgan fingerprint density at radius 3 is 2.40 bits per heavy atom. The molecular formula is C25H29NO4. The van der Waals surface area contributed by atoms with Gasteiger partial charge in [-0.25, -0.2) is 0 Å². The topological polar surface area (TPSA) is 66.8 Å². The fourth-order valence-corrected chi connectivity index (χ4v) is 3.87. The minimum Gasteiger partial charge on any atom is -0.507 e. The van der Waals surface area contributed by atoms with E-state index < -0.39 is 17.7 Å². The molecule has 1 amide bonds. The number of nitrogens with zero attached hydrogens (tertiary/aromatic N) is 1. The van der Waals surface area contributed by atoms with Crippen molar-refractivity contribution in [1.29, 1.82) is 0 Å². The van der Waals surface area contributed by atoms with Gasteiger partial charge in [-0.3, -0.25) is 9.59 Å². The van der Waals surface area contributed by atoms with Gasteiger partial charge in [0.2, 0.25) is 0 Å². The quantitative estimate of drug-likeness (QED) is 0.407. The Balaban J connectivity index is 2.20. The zero-order valence-electron chi connectivity index (χ0n) is 18.1. The van der Waals surface area contributed by atoms with Crippen LogP contribution in [0.4, 0.5) is 0 Å². The van der Waals surface area contributed by atoms with Gasteiger partial charge in [-0.15, -0.1) is 0 Å². The maximum Gasteiger partial charge on any atom is 0.295 e. The Labute approximate surface area is 178 Å². The van der Waals surface area contributed by atoms with Crippen LogP contribution in [0.1, 0.15) is 55.0 Å². The number of carbonyl (C=O) groups excluding carboxylic acids is 2. The normalized spacial score (nSPS) is 18.1. The van der Waals surface area contributed by atoms with Crippen molar-refractivity contribution in [2.45, 2.75) is 46.1 Å². The Hall–Kier alpha value is -3.08. The van der Waals surface area contributed by atoms with E-state index in [1.165, 1.54) is 12.7 Å². The number of aliphatic hydroxyl groups is 1. The first-order chi connectivity index (χ1) is 14.4. The number of ketones is 1. The minimum absolute atomic E-state index is 0.115. The first-order valence-corrected chi connectivity index (χ1v) is 10.4. The van der Waals surface area contributed by atoms with E-state index in [-0.39, 0.29) is 11.3 Å². The van der Waals surface area contributed by atoms with Crippen molar-refractivity contribution < 1.29 is 19.4 Å². The van der Waals surface area contributed by atoms with Crippen LogP contribution in [0, 0.1) is 6.92 Å². The summed E-state index contributed by atoms with van der Waals surface area (Å²) in [6.45, 7) is 6.48. The van der Waals surface area contributed by atoms with Crippen molar-refractivity contribution in [1.82, 2.24) is 4.90 Å². The van der Waals surface area contributed by atoms with Gasteiger partial charge in [0.1, 0.15) is 11.5 Å². The molecule has 1 heterocycles. The summed E-state index contributed by atoms with van der Waals surface area (Å²) in [6, 6.07) is 12.7. The molecule has 0 saturated carbocycles. The van der Waals surface area contributed by atoms with Crippen LogP contribution in [-0.4, -0.2) is 35.4 Å². The van der Waals surface area contributed by atoms with Crippen LogP contribution in [-0.2, 0) is 16.0 Å². The van der Waals surface area contributed by atoms with Gasteiger partial charge >= 0.3 is 0 Å². The average Bonchev–Trinajstić information content (AvgIpc) is 3.01. The van der Waals surface area contributed by atoms with E-state index in [1.54, 1.807) is 17.0 Å². The Morgan fingerprint density at radius 1 is 1.10 bits per heavy atom. The molecule has 1 N–H and O–H groups in total. The summed E-state index contributed by atoms with van der Waals surface area (Å²) in [4.78, 5) is 27.5. The smallest absolute Gasteiger partial charge is 0.295 e. The molecule has 0 aliphatic carbocycles. The number of hydrogen-bond donors (Lipinski definition) is 1. The van der Waals surface area contributed by atoms with Crippen LogP contribution in [0.25, 0.3) is 5.76 Å². The molecule has 5 nitrogen and oxygen atoms in total. The van der Waals surface area contributed by atoms with Crippen LogP contribution in [0.15, 0.2) is 48.0 Å². The summed E-state index contributed by atoms with van der Waals surface area (Å²) in [7, 11) is 1.52. The molecule has 3 rings (SSSR count). The minimum atomic E-state index is -0.656. The Bertz CT molecular complexity index is 975. The molecule has 30 heavy (non-hydrogen) atoms. The van der Waals surface area contributed by atoms with Crippen molar-refractivity contribution in [3.8, 4) is 5.75 Å². The molecule has 1 saturated heterocycles. The number of carbonyl (C=O) groups is 2. The van der Waals surface area contributed by atoms with E-state index in [2.05, 4.69) is 6.92 Å². The lowest BCUT2D eigenvalue weighted by Crippen LogP contribution is -2.30. The number of aliphatic hydroxyl groups excluding tert-OH is 1. The van der Waals surface area contributed by atoms with Crippen LogP contribution in [0.5, 0.6) is 5.75 Å². The van der Waals surface area contributed by atoms with E-state index >= 15 is 0 Å². The molecule has 1 fully saturated rings. The predicted octanol–water partition coefficient (Wildman–Crippen LogP) is 4.79. The molecule has 1 aliphatic rings. The van der Waals surface area contributed by atoms with Gasteiger partial charge in [0.25, 0.3) is 11.7 Å². The number of aryl methyl sites for hydroxylation is 2. The van der Waals surface area contributed by atoms with Gasteiger partial charge < -0.3 is 14.7 Å². The highest BCUT2D eigenvalue weighted by Crippen LogP contribution is 2.41. The number of amides is 1. The summed E-state index contributed by atoms with van der Waals surface area (Å²) in [5.41, 5.74) is 3.44. The molecule has 158 valence electrons. The molecular weight excluding hydrogens is 378 g/mol. The highest BCUT2D eigenvalue weighted by atomic mass is 16.5. The monoisotopic (exact) mass is 407 g/mol. The zero-order valence-corrected chi connectivity index (χ0v) is 18.1. The maximum atomic E-state index is 13.0. The third-order valence-electron chi connectivity index (χ3n) is 5.61. The fraction of sp³-hybridized carbons (Fsp3) is 0.360. The first-order valence-electron chi connectivity index (χ1n) is 10.4. The molecule has 1 unspecified atom stereocenters. The van der Waals surface area contributed by atoms with Crippen molar-refractivity contribution in [3.63, 3.8) is 0 Å². The van der Waals surface area contributed by atoms with E-state index in [0.29, 0.717) is 17.9 Å². The average molecular weight is 408 g/mol. The van der Waals surface area contributed by atoms with Crippen molar-refractivity contribution in [2.75, 3.05) is 13.7 Å². The van der Waals surface area contributed by atoms with E-state index in [1.807, 2.05) is 44.2 Å². The molecule has 2 aromatic rings. The maximum absolute atomic E-state index is 13.0. The summed E-state index contributed by atoms with van der Waals surface area (Å²) < 4.78 is 5.40. The lowest BCUT2D eigenvalue weighted by molar-refractivity contribution is -0.139. The fourth-order valence-electron chi connectivity index (χ4n) is 3.87. The Kier molecular flexibility index (Phi) is 6.60. The van der Waals surface area contributed by atoms with Crippen molar-refractivity contribution in [3.05, 3.63) is 70.3 Å². The van der Waals surface area contributed by atoms with Gasteiger partial charge in [0.05, 0.1) is 24.3 Å². The van der Waals surface area contributed by atoms with Gasteiger partial charge in [-0.1, -0.05) is 56.2 Å². The van der Waals surface area contributed by atoms with E-state index in [0.717, 1.165) is 30.4 Å². The van der Waals surface area contributed by atoms with Crippen LogP contribution >= 0.6 is 0 Å². The number of hydrogen-bond acceptors (Lipinski definition) is 4. The number of methoxy groups -OCH3 is 1. The van der Waals surface area contributed by atoms with E-state index in [9.17, 15) is 14.7 Å². The van der Waals surface area contributed by atoms with E-state index in [4.69, 9.17) is 4.74 Å². The summed E-state index contributed by atoms with van der Waals surface area (Å²) in [5, 5.41) is 11.2. The standard InChI is InChI=1S/C25H29NO4/c1-5-7-14-26-22(18-11-9-17(6-2)10-12-18)21(24(28)25(26)29)23(27)19-15-16(3)8-13-20(19)30-4/h8-13,15,22,27H,5-7,14H2,1-4H3/b23-21+. The highest BCUT2D eigenvalue weighted by Gasteiger charge is 2.46. The largest absolute Gasteiger partial charge is 0.507 e. The van der Waals surface area contributed by atoms with Crippen LogP contribution in [0.3, 0.4) is 0 Å². The molecule has 1 atom stereocenters. The van der Waals surface area contributed by atoms with Crippen molar-refractivity contribution in [2.24, 2.45) is 0 Å². The first kappa shape index (κ1) is 21.6. The number of ether oxygens (including phenoxy) is 1. The van der Waals surface area contributed by atoms with Gasteiger partial charge in [0.15, 0.2) is 0 Å². The van der Waals surface area contributed by atoms with Gasteiger partial charge in [-0.2, -0.15) is 0 Å². The second kappa shape index (κ2) is 9.16. The number of rotatable bonds is 7. The Morgan fingerprint density at radius 2 is 1.80 bits per heavy atom. The lowest BCUT2D eigenvalue weighted by Gasteiger charge is -2.25. The second-order valence-corrected chi connectivity index (χ2v) is 7.64. The molecule has 2 aromatic carbocycles. The zero-order chi connectivity index (χ0) is 21.8. The molecule has 5 heteroatoms. The third-order valence-corrected chi connectivity index (χ3v) is 5.61. The van der Waals surface area contributed by atoms with Crippen LogP contribution < -0.4 is 4.74 Å². The van der Waals surface area contributed by atoms with Gasteiger partial charge in [0, 0.05) is 6.54 Å². The van der Waals surface area contributed by atoms with Crippen LogP contribution in [0.2, 0.25) is 0 Å². The number of unbranched alkanes of at least 4 members (excludes halogenated alkanes) is 1. The van der Waals surface area contributed by atoms with Crippen molar-refractivity contribution >= 4 is 17.4 Å². The highest BCUT2D eigenvalue weighted by molar-refractivity contribution is 6.46. The molecule has 0 aromatic heterocycles. The molecule has 0 radical (unpaired) electrons. The SMILES string of the molecule is CCCCN1C(=O)C(=O)/C(=C(/O)c2cc(C)ccc2OC)C1c1ccc(CC)cc1. The number of Topliss-reactive ketones (excluding diaryl/α,β-unsaturated/α-hetero) is 1. The third kappa shape index (κ3) is 3.97.